The van der Waals surface area contributed by atoms with Crippen molar-refractivity contribution in [3.8, 4) is 34.3 Å². The number of hydrogen-bond donors (Lipinski definition) is 1. The summed E-state index contributed by atoms with van der Waals surface area (Å²) in [5.41, 5.74) is 6.56. The molecule has 0 bridgehead atoms. The van der Waals surface area contributed by atoms with Gasteiger partial charge in [0.1, 0.15) is 17.1 Å². The minimum atomic E-state index is -0.136. The van der Waals surface area contributed by atoms with E-state index in [-0.39, 0.29) is 16.6 Å². The molecule has 5 nitrogen and oxygen atoms in total. The molecule has 3 aromatic carbocycles. The number of para-hydroxylation sites is 1. The van der Waals surface area contributed by atoms with E-state index in [1.54, 1.807) is 6.07 Å². The van der Waals surface area contributed by atoms with E-state index in [4.69, 9.17) is 14.7 Å². The topological polar surface area (TPSA) is 60.2 Å². The minimum Gasteiger partial charge on any atom is -0.507 e. The molecule has 0 saturated heterocycles. The number of ether oxygens (including phenoxy) is 1. The molecule has 5 heteroatoms. The molecule has 0 spiro atoms. The van der Waals surface area contributed by atoms with Gasteiger partial charge in [0.25, 0.3) is 0 Å². The molecule has 0 aliphatic carbocycles. The highest BCUT2D eigenvalue weighted by Gasteiger charge is 2.20. The summed E-state index contributed by atoms with van der Waals surface area (Å²) in [5.74, 6) is 1.33. The average Bonchev–Trinajstić information content (AvgIpc) is 3.26. The fraction of sp³-hybridized carbons (Fsp3) is 0.222. The van der Waals surface area contributed by atoms with Crippen molar-refractivity contribution in [2.75, 3.05) is 0 Å². The van der Waals surface area contributed by atoms with Crippen LogP contribution in [0.15, 0.2) is 97.2 Å². The van der Waals surface area contributed by atoms with E-state index in [2.05, 4.69) is 76.4 Å². The Morgan fingerprint density at radius 2 is 1.49 bits per heavy atom. The van der Waals surface area contributed by atoms with Gasteiger partial charge in [0.05, 0.1) is 16.9 Å². The van der Waals surface area contributed by atoms with Crippen LogP contribution in [0.25, 0.3) is 38.9 Å². The molecule has 0 amide bonds. The van der Waals surface area contributed by atoms with Crippen LogP contribution in [0, 0.1) is 0 Å². The highest BCUT2D eigenvalue weighted by molar-refractivity contribution is 6.08. The Bertz CT molecular complexity index is 1910. The summed E-state index contributed by atoms with van der Waals surface area (Å²) in [5, 5.41) is 12.8. The number of nitrogens with zero attached hydrogens (tertiary/aromatic N) is 3. The second-order valence-electron chi connectivity index (χ2n) is 12.6. The van der Waals surface area contributed by atoms with Crippen molar-refractivity contribution in [1.29, 1.82) is 0 Å². The van der Waals surface area contributed by atoms with Crippen LogP contribution in [-0.2, 0) is 10.8 Å². The van der Waals surface area contributed by atoms with E-state index in [0.717, 1.165) is 27.8 Å². The first-order valence-corrected chi connectivity index (χ1v) is 14.0. The SMILES string of the molecule is CC(C)(C)c1cc(Oc2cccc(-n3c4ccc(C(C)(C)C)cc4c4cccnc43)c2)nc(-c2ccccc2O)c1. The Balaban J connectivity index is 1.46. The molecule has 0 fully saturated rings. The summed E-state index contributed by atoms with van der Waals surface area (Å²) in [6.07, 6.45) is 1.84. The smallest absolute Gasteiger partial charge is 0.220 e. The van der Waals surface area contributed by atoms with Crippen molar-refractivity contribution in [3.63, 3.8) is 0 Å². The summed E-state index contributed by atoms with van der Waals surface area (Å²) >= 11 is 0. The third kappa shape index (κ3) is 5.04. The molecule has 0 radical (unpaired) electrons. The maximum Gasteiger partial charge on any atom is 0.220 e. The second kappa shape index (κ2) is 9.77. The van der Waals surface area contributed by atoms with Crippen LogP contribution in [0.3, 0.4) is 0 Å². The van der Waals surface area contributed by atoms with Crippen molar-refractivity contribution in [2.24, 2.45) is 0 Å². The van der Waals surface area contributed by atoms with Crippen LogP contribution in [0.5, 0.6) is 17.4 Å². The predicted octanol–water partition coefficient (Wildman–Crippen LogP) is 9.33. The maximum atomic E-state index is 10.5. The van der Waals surface area contributed by atoms with Crippen molar-refractivity contribution in [3.05, 3.63) is 108 Å². The first-order valence-electron chi connectivity index (χ1n) is 14.0. The van der Waals surface area contributed by atoms with E-state index in [1.165, 1.54) is 10.9 Å². The molecule has 1 N–H and O–H groups in total. The maximum absolute atomic E-state index is 10.5. The highest BCUT2D eigenvalue weighted by Crippen LogP contribution is 2.37. The summed E-state index contributed by atoms with van der Waals surface area (Å²) in [6, 6.07) is 30.1. The zero-order valence-electron chi connectivity index (χ0n) is 24.4. The van der Waals surface area contributed by atoms with Gasteiger partial charge < -0.3 is 9.84 Å². The molecular formula is C36H35N3O2. The molecule has 3 heterocycles. The minimum absolute atomic E-state index is 0.0442. The quantitative estimate of drug-likeness (QED) is 0.242. The monoisotopic (exact) mass is 541 g/mol. The van der Waals surface area contributed by atoms with E-state index in [9.17, 15) is 5.11 Å². The van der Waals surface area contributed by atoms with Gasteiger partial charge >= 0.3 is 0 Å². The lowest BCUT2D eigenvalue weighted by atomic mass is 9.86. The van der Waals surface area contributed by atoms with Gasteiger partial charge in [-0.1, -0.05) is 65.8 Å². The van der Waals surface area contributed by atoms with E-state index < -0.39 is 0 Å². The second-order valence-corrected chi connectivity index (χ2v) is 12.6. The van der Waals surface area contributed by atoms with Crippen molar-refractivity contribution in [1.82, 2.24) is 14.5 Å². The summed E-state index contributed by atoms with van der Waals surface area (Å²) < 4.78 is 8.61. The van der Waals surface area contributed by atoms with Gasteiger partial charge in [-0.05, 0) is 76.6 Å². The molecular weight excluding hydrogens is 506 g/mol. The van der Waals surface area contributed by atoms with Crippen molar-refractivity contribution >= 4 is 21.9 Å². The van der Waals surface area contributed by atoms with Gasteiger partial charge in [-0.3, -0.25) is 4.57 Å². The number of hydrogen-bond acceptors (Lipinski definition) is 4. The lowest BCUT2D eigenvalue weighted by Gasteiger charge is -2.21. The summed E-state index contributed by atoms with van der Waals surface area (Å²) in [4.78, 5) is 9.58. The zero-order chi connectivity index (χ0) is 28.9. The third-order valence-corrected chi connectivity index (χ3v) is 7.54. The number of pyridine rings is 2. The van der Waals surface area contributed by atoms with Gasteiger partial charge in [0, 0.05) is 34.7 Å². The summed E-state index contributed by atoms with van der Waals surface area (Å²) in [6.45, 7) is 13.2. The van der Waals surface area contributed by atoms with Crippen LogP contribution in [-0.4, -0.2) is 19.6 Å². The Hall–Kier alpha value is -4.64. The molecule has 0 unspecified atom stereocenters. The van der Waals surface area contributed by atoms with E-state index >= 15 is 0 Å². The van der Waals surface area contributed by atoms with Crippen LogP contribution < -0.4 is 4.74 Å². The Labute approximate surface area is 241 Å². The van der Waals surface area contributed by atoms with Crippen LogP contribution in [0.4, 0.5) is 0 Å². The molecule has 41 heavy (non-hydrogen) atoms. The normalized spacial score (nSPS) is 12.2. The molecule has 6 aromatic rings. The van der Waals surface area contributed by atoms with Gasteiger partial charge in [0.2, 0.25) is 5.88 Å². The highest BCUT2D eigenvalue weighted by atomic mass is 16.5. The number of aromatic hydroxyl groups is 1. The first-order chi connectivity index (χ1) is 19.5. The fourth-order valence-electron chi connectivity index (χ4n) is 5.20. The van der Waals surface area contributed by atoms with Crippen molar-refractivity contribution < 1.29 is 9.84 Å². The summed E-state index contributed by atoms with van der Waals surface area (Å²) in [7, 11) is 0. The van der Waals surface area contributed by atoms with Gasteiger partial charge in [0.15, 0.2) is 0 Å². The standard InChI is InChI=1S/C36H35N3O2/c1-35(2,3)23-16-17-31-29(19-23)27-14-10-18-37-34(27)39(31)25-11-9-12-26(22-25)41-33-21-24(36(4,5)6)20-30(38-33)28-13-7-8-15-32(28)40/h7-22,40H,1-6H3. The Kier molecular flexibility index (Phi) is 6.33. The van der Waals surface area contributed by atoms with Crippen LogP contribution >= 0.6 is 0 Å². The Morgan fingerprint density at radius 1 is 0.707 bits per heavy atom. The predicted molar refractivity (Wildman–Crippen MR) is 167 cm³/mol. The number of phenols is 1. The zero-order valence-corrected chi connectivity index (χ0v) is 24.4. The number of fused-ring (bicyclic) bond motifs is 3. The molecule has 206 valence electrons. The third-order valence-electron chi connectivity index (χ3n) is 7.54. The number of rotatable bonds is 4. The number of benzene rings is 3. The van der Waals surface area contributed by atoms with Gasteiger partial charge in [-0.25, -0.2) is 9.97 Å². The van der Waals surface area contributed by atoms with Gasteiger partial charge in [-0.15, -0.1) is 0 Å². The molecule has 0 aliphatic heterocycles. The lowest BCUT2D eigenvalue weighted by Crippen LogP contribution is -2.12. The van der Waals surface area contributed by atoms with Crippen LogP contribution in [0.1, 0.15) is 52.7 Å². The molecule has 0 aliphatic rings. The molecule has 3 aromatic heterocycles. The Morgan fingerprint density at radius 3 is 2.24 bits per heavy atom. The number of aromatic nitrogens is 3. The van der Waals surface area contributed by atoms with E-state index in [1.807, 2.05) is 60.8 Å². The van der Waals surface area contributed by atoms with Gasteiger partial charge in [-0.2, -0.15) is 0 Å². The molecule has 0 atom stereocenters. The molecule has 6 rings (SSSR count). The van der Waals surface area contributed by atoms with E-state index in [0.29, 0.717) is 22.9 Å². The number of phenolic OH excluding ortho intramolecular Hbond substituents is 1. The average molecular weight is 542 g/mol. The lowest BCUT2D eigenvalue weighted by molar-refractivity contribution is 0.458. The van der Waals surface area contributed by atoms with Crippen LogP contribution in [0.2, 0.25) is 0 Å². The largest absolute Gasteiger partial charge is 0.507 e. The fourth-order valence-corrected chi connectivity index (χ4v) is 5.20. The molecule has 0 saturated carbocycles. The first kappa shape index (κ1) is 26.6. The van der Waals surface area contributed by atoms with Crippen molar-refractivity contribution in [2.45, 2.75) is 52.4 Å².